The van der Waals surface area contributed by atoms with E-state index in [1.807, 2.05) is 4.90 Å². The molecule has 0 aromatic heterocycles. The molecule has 1 unspecified atom stereocenters. The smallest absolute Gasteiger partial charge is 0.426 e. The van der Waals surface area contributed by atoms with Gasteiger partial charge >= 0.3 is 24.6 Å². The van der Waals surface area contributed by atoms with Crippen molar-refractivity contribution < 1.29 is 54.2 Å². The van der Waals surface area contributed by atoms with Crippen LogP contribution < -0.4 is 15.1 Å². The van der Waals surface area contributed by atoms with Gasteiger partial charge in [0, 0.05) is 103 Å². The van der Waals surface area contributed by atoms with Gasteiger partial charge in [-0.25, -0.2) is 4.79 Å². The minimum Gasteiger partial charge on any atom is -0.426 e. The standard InChI is InChI=1S/C22H29F6N3O2.C18H29N3.C3H5F3O.CH4/c1-15(2)18-13-17(30-7-3-4-8-30)6-5-16(18)14-29-9-11-31(12-10-29)20(32)33-19(21(23,24)25)22(26,27)28;1-15(2)18-13-17(21-9-3-4-10-21)6-5-16(18)14-20-11-7-19-8-12-20;1-2(7)3(4,5)6;/h5-6,13,15,19H,3-4,7-12,14H2,1-2H3;5-6,13,15,19H,3-4,7-12,14H2,1-2H3;2,7H,1H3;1H4. The van der Waals surface area contributed by atoms with Gasteiger partial charge in [0.05, 0.1) is 0 Å². The van der Waals surface area contributed by atoms with E-state index in [1.54, 1.807) is 0 Å². The minimum absolute atomic E-state index is 0. The second-order valence-electron chi connectivity index (χ2n) is 16.8. The number of ether oxygens (including phenoxy) is 1. The van der Waals surface area contributed by atoms with E-state index in [0.717, 1.165) is 43.2 Å². The molecule has 6 rings (SSSR count). The predicted molar refractivity (Wildman–Crippen MR) is 226 cm³/mol. The van der Waals surface area contributed by atoms with Crippen molar-refractivity contribution >= 4 is 17.5 Å². The fourth-order valence-electron chi connectivity index (χ4n) is 7.81. The van der Waals surface area contributed by atoms with Crippen molar-refractivity contribution in [2.45, 2.75) is 123 Å². The fraction of sp³-hybridized carbons (Fsp3) is 0.705. The van der Waals surface area contributed by atoms with Crippen LogP contribution in [0.5, 0.6) is 0 Å². The molecule has 9 nitrogen and oxygen atoms in total. The molecule has 0 saturated carbocycles. The zero-order valence-electron chi connectivity index (χ0n) is 35.9. The highest BCUT2D eigenvalue weighted by Gasteiger charge is 2.60. The first-order chi connectivity index (χ1) is 28.5. The highest BCUT2D eigenvalue weighted by Crippen LogP contribution is 2.36. The van der Waals surface area contributed by atoms with Crippen molar-refractivity contribution in [1.82, 2.24) is 20.0 Å². The number of rotatable bonds is 9. The summed E-state index contributed by atoms with van der Waals surface area (Å²) in [7, 11) is 0. The van der Waals surface area contributed by atoms with E-state index in [1.165, 1.54) is 79.9 Å². The maximum atomic E-state index is 12.7. The monoisotopic (exact) mass is 899 g/mol. The van der Waals surface area contributed by atoms with Crippen molar-refractivity contribution in [3.05, 3.63) is 58.7 Å². The number of nitrogens with one attached hydrogen (secondary N) is 1. The Balaban J connectivity index is 0.000000300. The molecule has 0 spiro atoms. The van der Waals surface area contributed by atoms with E-state index in [0.29, 0.717) is 38.4 Å². The molecule has 0 radical (unpaired) electrons. The number of hydrogen-bond acceptors (Lipinski definition) is 8. The van der Waals surface area contributed by atoms with Crippen molar-refractivity contribution in [2.75, 3.05) is 88.3 Å². The summed E-state index contributed by atoms with van der Waals surface area (Å²) in [5.74, 6) is 0.894. The highest BCUT2D eigenvalue weighted by atomic mass is 19.4. The molecule has 354 valence electrons. The quantitative estimate of drug-likeness (QED) is 0.242. The predicted octanol–water partition coefficient (Wildman–Crippen LogP) is 9.54. The van der Waals surface area contributed by atoms with Crippen LogP contribution in [-0.2, 0) is 17.8 Å². The van der Waals surface area contributed by atoms with Gasteiger partial charge in [-0.15, -0.1) is 0 Å². The molecule has 4 aliphatic heterocycles. The maximum Gasteiger partial charge on any atom is 0.434 e. The second kappa shape index (κ2) is 23.4. The van der Waals surface area contributed by atoms with Gasteiger partial charge in [0.2, 0.25) is 0 Å². The van der Waals surface area contributed by atoms with Crippen LogP contribution in [0, 0.1) is 0 Å². The SMILES string of the molecule is C.CC(C)c1cc(N2CCCC2)ccc1CN1CCN(C(=O)OC(C(F)(F)F)C(F)(F)F)CC1.CC(C)c1cc(N2CCCC2)ccc1CN1CCNCC1.CC(O)C(F)(F)F. The van der Waals surface area contributed by atoms with Crippen molar-refractivity contribution in [2.24, 2.45) is 0 Å². The van der Waals surface area contributed by atoms with E-state index in [4.69, 9.17) is 5.11 Å². The lowest BCUT2D eigenvalue weighted by Crippen LogP contribution is -2.52. The van der Waals surface area contributed by atoms with Crippen molar-refractivity contribution in [1.29, 1.82) is 0 Å². The van der Waals surface area contributed by atoms with Gasteiger partial charge in [0.1, 0.15) is 6.10 Å². The lowest BCUT2D eigenvalue weighted by atomic mass is 9.95. The van der Waals surface area contributed by atoms with E-state index >= 15 is 0 Å². The third kappa shape index (κ3) is 15.9. The Hall–Kier alpha value is -3.48. The number of hydrogen-bond donors (Lipinski definition) is 2. The van der Waals surface area contributed by atoms with Crippen LogP contribution in [0.15, 0.2) is 36.4 Å². The topological polar surface area (TPSA) is 74.8 Å². The van der Waals surface area contributed by atoms with Crippen LogP contribution in [0.25, 0.3) is 0 Å². The molecule has 2 N–H and O–H groups in total. The molecule has 4 heterocycles. The number of anilines is 2. The lowest BCUT2D eigenvalue weighted by molar-refractivity contribution is -0.308. The van der Waals surface area contributed by atoms with Crippen molar-refractivity contribution in [3.8, 4) is 0 Å². The third-order valence-electron chi connectivity index (χ3n) is 11.4. The molecule has 4 fully saturated rings. The summed E-state index contributed by atoms with van der Waals surface area (Å²) in [5, 5.41) is 11.2. The largest absolute Gasteiger partial charge is 0.434 e. The second-order valence-corrected chi connectivity index (χ2v) is 16.8. The summed E-state index contributed by atoms with van der Waals surface area (Å²) in [6.07, 6.45) is -18.8. The van der Waals surface area contributed by atoms with Crippen molar-refractivity contribution in [3.63, 3.8) is 0 Å². The molecule has 0 bridgehead atoms. The molecule has 62 heavy (non-hydrogen) atoms. The van der Waals surface area contributed by atoms with Gasteiger partial charge < -0.3 is 29.9 Å². The molecule has 4 aliphatic rings. The van der Waals surface area contributed by atoms with Crippen LogP contribution in [-0.4, -0.2) is 135 Å². The van der Waals surface area contributed by atoms with E-state index < -0.39 is 36.8 Å². The summed E-state index contributed by atoms with van der Waals surface area (Å²) in [5.41, 5.74) is 8.02. The highest BCUT2D eigenvalue weighted by molar-refractivity contribution is 5.68. The molecule has 18 heteroatoms. The van der Waals surface area contributed by atoms with Gasteiger partial charge in [-0.2, -0.15) is 39.5 Å². The van der Waals surface area contributed by atoms with Crippen LogP contribution in [0.3, 0.4) is 0 Å². The molecule has 1 atom stereocenters. The first-order valence-electron chi connectivity index (χ1n) is 21.3. The Kier molecular flexibility index (Phi) is 20.0. The molecule has 2 aromatic carbocycles. The maximum absolute atomic E-state index is 12.7. The van der Waals surface area contributed by atoms with Crippen LogP contribution in [0.4, 0.5) is 55.7 Å². The molecule has 4 saturated heterocycles. The normalized spacial score (nSPS) is 18.6. The number of piperazine rings is 2. The number of carbonyl (C=O) groups is 1. The number of halogens is 9. The van der Waals surface area contributed by atoms with E-state index in [2.05, 4.69) is 88.8 Å². The van der Waals surface area contributed by atoms with Gasteiger partial charge in [0.25, 0.3) is 6.10 Å². The fourth-order valence-corrected chi connectivity index (χ4v) is 7.81. The summed E-state index contributed by atoms with van der Waals surface area (Å²) in [4.78, 5) is 22.4. The van der Waals surface area contributed by atoms with Gasteiger partial charge in [-0.05, 0) is 91.0 Å². The van der Waals surface area contributed by atoms with Gasteiger partial charge in [-0.1, -0.05) is 47.3 Å². The summed E-state index contributed by atoms with van der Waals surface area (Å²) >= 11 is 0. The Morgan fingerprint density at radius 1 is 0.613 bits per heavy atom. The Labute approximate surface area is 361 Å². The molecule has 2 aromatic rings. The molecule has 0 aliphatic carbocycles. The van der Waals surface area contributed by atoms with E-state index in [9.17, 15) is 44.3 Å². The summed E-state index contributed by atoms with van der Waals surface area (Å²) in [6.45, 7) is 21.0. The minimum atomic E-state index is -5.72. The summed E-state index contributed by atoms with van der Waals surface area (Å²) in [6, 6.07) is 13.6. The first kappa shape index (κ1) is 52.9. The number of alkyl halides is 9. The number of aliphatic hydroxyl groups excluding tert-OH is 1. The van der Waals surface area contributed by atoms with Gasteiger partial charge in [0.15, 0.2) is 0 Å². The Morgan fingerprint density at radius 2 is 0.984 bits per heavy atom. The van der Waals surface area contributed by atoms with Crippen LogP contribution in [0.2, 0.25) is 0 Å². The molecular formula is C44H67F9N6O3. The number of amides is 1. The zero-order chi connectivity index (χ0) is 45.1. The van der Waals surface area contributed by atoms with Gasteiger partial charge in [-0.3, -0.25) is 9.80 Å². The Morgan fingerprint density at radius 3 is 1.32 bits per heavy atom. The zero-order valence-corrected chi connectivity index (χ0v) is 35.9. The number of benzene rings is 2. The average Bonchev–Trinajstić information content (AvgIpc) is 3.93. The molecule has 1 amide bonds. The number of carbonyl (C=O) groups excluding carboxylic acids is 1. The number of nitrogens with zero attached hydrogens (tertiary/aromatic N) is 5. The third-order valence-corrected chi connectivity index (χ3v) is 11.4. The van der Waals surface area contributed by atoms with E-state index in [-0.39, 0.29) is 20.5 Å². The number of aliphatic hydroxyl groups is 1. The average molecular weight is 899 g/mol. The first-order valence-corrected chi connectivity index (χ1v) is 21.3. The van der Waals surface area contributed by atoms with Crippen LogP contribution >= 0.6 is 0 Å². The summed E-state index contributed by atoms with van der Waals surface area (Å²) < 4.78 is 112. The molecular weight excluding hydrogens is 832 g/mol. The Bertz CT molecular complexity index is 1630. The lowest BCUT2D eigenvalue weighted by Gasteiger charge is -2.35. The van der Waals surface area contributed by atoms with Crippen LogP contribution in [0.1, 0.15) is 102 Å².